The summed E-state index contributed by atoms with van der Waals surface area (Å²) in [7, 11) is -3.05. The first-order valence-corrected chi connectivity index (χ1v) is 9.52. The van der Waals surface area contributed by atoms with Crippen LogP contribution >= 0.6 is 11.8 Å². The average molecular weight is 296 g/mol. The van der Waals surface area contributed by atoms with E-state index in [-0.39, 0.29) is 18.1 Å². The maximum absolute atomic E-state index is 11.5. The Bertz CT molecular complexity index is 331. The number of hydrogen-bond donors (Lipinski definition) is 2. The number of carbonyl (C=O) groups excluding carboxylic acids is 1. The first-order chi connectivity index (χ1) is 8.37. The van der Waals surface area contributed by atoms with Crippen LogP contribution in [0.15, 0.2) is 0 Å². The highest BCUT2D eigenvalue weighted by Gasteiger charge is 2.15. The Labute approximate surface area is 114 Å². The van der Waals surface area contributed by atoms with Gasteiger partial charge in [0, 0.05) is 12.8 Å². The van der Waals surface area contributed by atoms with E-state index in [0.29, 0.717) is 6.54 Å². The average Bonchev–Trinajstić information content (AvgIpc) is 2.29. The lowest BCUT2D eigenvalue weighted by Gasteiger charge is -2.11. The van der Waals surface area contributed by atoms with Crippen LogP contribution in [0.25, 0.3) is 0 Å². The van der Waals surface area contributed by atoms with Crippen molar-refractivity contribution in [3.8, 4) is 0 Å². The molecule has 1 unspecified atom stereocenters. The lowest BCUT2D eigenvalue weighted by molar-refractivity contribution is -0.122. The maximum atomic E-state index is 11.5. The van der Waals surface area contributed by atoms with Crippen LogP contribution in [0.4, 0.5) is 0 Å². The minimum Gasteiger partial charge on any atom is -0.355 e. The number of nitrogens with two attached hydrogens (primary N) is 1. The molecule has 7 heteroatoms. The first-order valence-electron chi connectivity index (χ1n) is 6.07. The Balaban J connectivity index is 3.62. The quantitative estimate of drug-likeness (QED) is 0.570. The molecule has 0 radical (unpaired) electrons. The largest absolute Gasteiger partial charge is 0.355 e. The van der Waals surface area contributed by atoms with Gasteiger partial charge in [-0.2, -0.15) is 11.8 Å². The zero-order valence-corrected chi connectivity index (χ0v) is 12.8. The Morgan fingerprint density at radius 3 is 2.56 bits per heavy atom. The molecule has 0 aliphatic heterocycles. The van der Waals surface area contributed by atoms with E-state index in [0.717, 1.165) is 31.3 Å². The van der Waals surface area contributed by atoms with Crippen molar-refractivity contribution in [3.63, 3.8) is 0 Å². The predicted octanol–water partition coefficient (Wildman–Crippen LogP) is 0.398. The summed E-state index contributed by atoms with van der Waals surface area (Å²) in [6, 6.07) is -0.731. The molecule has 0 aliphatic rings. The van der Waals surface area contributed by atoms with Crippen LogP contribution in [0.1, 0.15) is 25.7 Å². The summed E-state index contributed by atoms with van der Waals surface area (Å²) in [5.74, 6) is 0.834. The number of amides is 1. The third-order valence-electron chi connectivity index (χ3n) is 2.46. The lowest BCUT2D eigenvalue weighted by Crippen LogP contribution is -2.41. The fraction of sp³-hybridized carbons (Fsp3) is 0.909. The highest BCUT2D eigenvalue weighted by atomic mass is 32.2. The summed E-state index contributed by atoms with van der Waals surface area (Å²) in [5.41, 5.74) is 5.61. The molecule has 0 heterocycles. The van der Waals surface area contributed by atoms with Crippen molar-refractivity contribution in [2.75, 3.05) is 30.6 Å². The molecule has 0 aromatic heterocycles. The normalized spacial score (nSPS) is 13.3. The molecule has 0 saturated carbocycles. The second-order valence-electron chi connectivity index (χ2n) is 4.37. The van der Waals surface area contributed by atoms with Gasteiger partial charge in [-0.1, -0.05) is 6.42 Å². The van der Waals surface area contributed by atoms with Crippen molar-refractivity contribution in [1.29, 1.82) is 0 Å². The van der Waals surface area contributed by atoms with Crippen molar-refractivity contribution in [2.45, 2.75) is 31.7 Å². The van der Waals surface area contributed by atoms with Gasteiger partial charge in [0.15, 0.2) is 0 Å². The van der Waals surface area contributed by atoms with Gasteiger partial charge in [-0.25, -0.2) is 8.42 Å². The topological polar surface area (TPSA) is 89.3 Å². The van der Waals surface area contributed by atoms with Gasteiger partial charge in [0.2, 0.25) is 5.91 Å². The van der Waals surface area contributed by atoms with Crippen LogP contribution in [0, 0.1) is 0 Å². The zero-order valence-electron chi connectivity index (χ0n) is 11.1. The third-order valence-corrected chi connectivity index (χ3v) is 4.14. The SMILES string of the molecule is CSCCCCCNC(=O)C(N)CCS(C)(=O)=O. The Hall–Kier alpha value is -0.270. The van der Waals surface area contributed by atoms with Crippen molar-refractivity contribution in [3.05, 3.63) is 0 Å². The zero-order chi connectivity index (χ0) is 14.0. The van der Waals surface area contributed by atoms with Gasteiger partial charge in [0.05, 0.1) is 11.8 Å². The fourth-order valence-electron chi connectivity index (χ4n) is 1.36. The van der Waals surface area contributed by atoms with Gasteiger partial charge < -0.3 is 11.1 Å². The smallest absolute Gasteiger partial charge is 0.236 e. The third kappa shape index (κ3) is 10.9. The van der Waals surface area contributed by atoms with Crippen LogP contribution < -0.4 is 11.1 Å². The predicted molar refractivity (Wildman–Crippen MR) is 77.5 cm³/mol. The number of hydrogen-bond acceptors (Lipinski definition) is 5. The lowest BCUT2D eigenvalue weighted by atomic mass is 10.2. The molecule has 108 valence electrons. The van der Waals surface area contributed by atoms with Crippen LogP contribution in [0.5, 0.6) is 0 Å². The molecule has 0 rings (SSSR count). The van der Waals surface area contributed by atoms with Crippen molar-refractivity contribution in [2.24, 2.45) is 5.73 Å². The fourth-order valence-corrected chi connectivity index (χ4v) is 2.54. The molecule has 0 aliphatic carbocycles. The number of sulfone groups is 1. The molecule has 0 spiro atoms. The summed E-state index contributed by atoms with van der Waals surface area (Å²) < 4.78 is 21.9. The molecule has 1 atom stereocenters. The standard InChI is InChI=1S/C11H24N2O3S2/c1-17-8-5-3-4-7-13-11(14)10(12)6-9-18(2,15)16/h10H,3-9,12H2,1-2H3,(H,13,14). The van der Waals surface area contributed by atoms with Gasteiger partial charge in [-0.3, -0.25) is 4.79 Å². The molecule has 1 amide bonds. The van der Waals surface area contributed by atoms with Gasteiger partial charge in [-0.15, -0.1) is 0 Å². The van der Waals surface area contributed by atoms with Crippen molar-refractivity contribution >= 4 is 27.5 Å². The summed E-state index contributed by atoms with van der Waals surface area (Å²) in [4.78, 5) is 11.5. The monoisotopic (exact) mass is 296 g/mol. The molecule has 0 saturated heterocycles. The molecule has 3 N–H and O–H groups in total. The van der Waals surface area contributed by atoms with Crippen LogP contribution in [0.2, 0.25) is 0 Å². The molecule has 0 aromatic carbocycles. The molecular weight excluding hydrogens is 272 g/mol. The maximum Gasteiger partial charge on any atom is 0.236 e. The number of rotatable bonds is 10. The highest BCUT2D eigenvalue weighted by Crippen LogP contribution is 2.01. The van der Waals surface area contributed by atoms with Gasteiger partial charge in [0.1, 0.15) is 9.84 Å². The minimum absolute atomic E-state index is 0.0463. The number of nitrogens with one attached hydrogen (secondary N) is 1. The van der Waals surface area contributed by atoms with Crippen LogP contribution in [-0.2, 0) is 14.6 Å². The van der Waals surface area contributed by atoms with E-state index in [2.05, 4.69) is 11.6 Å². The van der Waals surface area contributed by atoms with Crippen LogP contribution in [-0.4, -0.2) is 50.9 Å². The Morgan fingerprint density at radius 1 is 1.33 bits per heavy atom. The highest BCUT2D eigenvalue weighted by molar-refractivity contribution is 7.98. The molecule has 0 bridgehead atoms. The number of carbonyl (C=O) groups is 1. The van der Waals surface area contributed by atoms with Gasteiger partial charge in [-0.05, 0) is 31.3 Å². The second-order valence-corrected chi connectivity index (χ2v) is 7.61. The van der Waals surface area contributed by atoms with E-state index in [1.807, 2.05) is 11.8 Å². The van der Waals surface area contributed by atoms with Crippen LogP contribution in [0.3, 0.4) is 0 Å². The molecular formula is C11H24N2O3S2. The van der Waals surface area contributed by atoms with E-state index >= 15 is 0 Å². The van der Waals surface area contributed by atoms with E-state index < -0.39 is 15.9 Å². The van der Waals surface area contributed by atoms with E-state index in [1.165, 1.54) is 0 Å². The van der Waals surface area contributed by atoms with Gasteiger partial charge in [0.25, 0.3) is 0 Å². The number of unbranched alkanes of at least 4 members (excludes halogenated alkanes) is 2. The van der Waals surface area contributed by atoms with E-state index in [4.69, 9.17) is 5.73 Å². The summed E-state index contributed by atoms with van der Waals surface area (Å²) in [5, 5.41) is 2.73. The van der Waals surface area contributed by atoms with E-state index in [1.54, 1.807) is 0 Å². The summed E-state index contributed by atoms with van der Waals surface area (Å²) >= 11 is 1.82. The first kappa shape index (κ1) is 17.7. The number of thioether (sulfide) groups is 1. The minimum atomic E-state index is -3.05. The Morgan fingerprint density at radius 2 is 2.00 bits per heavy atom. The summed E-state index contributed by atoms with van der Waals surface area (Å²) in [6.07, 6.45) is 6.56. The second kappa shape index (κ2) is 9.63. The molecule has 0 aromatic rings. The molecule has 0 fully saturated rings. The van der Waals surface area contributed by atoms with Crippen molar-refractivity contribution < 1.29 is 13.2 Å². The van der Waals surface area contributed by atoms with E-state index in [9.17, 15) is 13.2 Å². The summed E-state index contributed by atoms with van der Waals surface area (Å²) in [6.45, 7) is 0.611. The Kier molecular flexibility index (Phi) is 9.49. The molecule has 18 heavy (non-hydrogen) atoms. The molecule has 5 nitrogen and oxygen atoms in total. The van der Waals surface area contributed by atoms with Gasteiger partial charge >= 0.3 is 0 Å². The van der Waals surface area contributed by atoms with Crippen molar-refractivity contribution in [1.82, 2.24) is 5.32 Å².